The summed E-state index contributed by atoms with van der Waals surface area (Å²) >= 11 is 9.64. The third-order valence-electron chi connectivity index (χ3n) is 8.88. The van der Waals surface area contributed by atoms with Crippen molar-refractivity contribution < 1.29 is 51.3 Å². The van der Waals surface area contributed by atoms with Gasteiger partial charge >= 0.3 is 12.1 Å². The number of azide groups is 1. The molecule has 0 aromatic heterocycles. The maximum Gasteiger partial charge on any atom is 0.408 e. The van der Waals surface area contributed by atoms with Crippen molar-refractivity contribution in [2.24, 2.45) is 16.3 Å². The predicted octanol–water partition coefficient (Wildman–Crippen LogP) is 11.6. The first-order valence-electron chi connectivity index (χ1n) is 26.2. The highest BCUT2D eigenvalue weighted by molar-refractivity contribution is 7.92. The number of hydrogen-bond acceptors (Lipinski definition) is 14. The minimum absolute atomic E-state index is 0.0336. The van der Waals surface area contributed by atoms with Crippen LogP contribution >= 0.6 is 23.8 Å². The van der Waals surface area contributed by atoms with Crippen molar-refractivity contribution in [2.75, 3.05) is 65.5 Å². The predicted molar refractivity (Wildman–Crippen MR) is 328 cm³/mol. The highest BCUT2D eigenvalue weighted by Gasteiger charge is 2.36. The van der Waals surface area contributed by atoms with Crippen LogP contribution < -0.4 is 31.7 Å². The van der Waals surface area contributed by atoms with E-state index in [9.17, 15) is 32.4 Å². The van der Waals surface area contributed by atoms with Crippen molar-refractivity contribution in [3.05, 3.63) is 69.1 Å². The maximum atomic E-state index is 13.2. The fraction of sp³-hybridized carbons (Fsp3) is 0.649. The summed E-state index contributed by atoms with van der Waals surface area (Å²) < 4.78 is 45.0. The number of nitrogens with one attached hydrogen (secondary N) is 4. The van der Waals surface area contributed by atoms with E-state index in [2.05, 4.69) is 112 Å². The van der Waals surface area contributed by atoms with Crippen LogP contribution in [-0.2, 0) is 38.4 Å². The first kappa shape index (κ1) is 84.6. The lowest BCUT2D eigenvalue weighted by Gasteiger charge is -2.27. The number of ether oxygens (including phenoxy) is 4. The molecular formula is C57H101ClN8O11S2. The molecule has 0 spiro atoms. The Labute approximate surface area is 486 Å². The normalized spacial score (nSPS) is 10.2. The van der Waals surface area contributed by atoms with Crippen LogP contribution in [0.4, 0.5) is 4.79 Å². The van der Waals surface area contributed by atoms with Crippen molar-refractivity contribution in [3.63, 3.8) is 0 Å². The zero-order valence-electron chi connectivity index (χ0n) is 51.6. The summed E-state index contributed by atoms with van der Waals surface area (Å²) in [5.74, 6) is 3.43. The van der Waals surface area contributed by atoms with Gasteiger partial charge in [0.15, 0.2) is 21.6 Å². The van der Waals surface area contributed by atoms with Crippen LogP contribution in [0.2, 0.25) is 0 Å². The number of alkyl halides is 1. The lowest BCUT2D eigenvalue weighted by Crippen LogP contribution is -2.37. The molecule has 2 rings (SSSR count). The molecule has 22 heteroatoms. The van der Waals surface area contributed by atoms with Crippen LogP contribution in [0, 0.1) is 17.8 Å². The van der Waals surface area contributed by atoms with E-state index in [0.717, 1.165) is 36.3 Å². The standard InChI is InChI=1S/C19H32O2S.C12H16N2O2S.C9H18O2.C6H11NO3.C6H9NO2.C2H5N3.C2H7N.CH3Cl/c1-12(2)15-10-16(13(3)4)18(17(11-15)14(5)6)22(20,21)19(7,8)9;1-2-13-12(17)14-7-8-16-11-5-3-10(9-15)4-6-11;1-8(2,3)7(10)11-9(4,5)6;1-2-7-6(9)3-4-10-5-8;1-3-5-9-6(8)7-4-2;1-2-4-5-3;1-2-3;1-2/h10-14H,1-9H3;3-6,9H,2,7-8H2,1H3,(H2,13,14,17);1-6H3;5H,2-4H2,1H3,(H,7,9);1H,4-5H2,2H3,(H,7,8);2H2,1H3;2-3H2,1H3;1H3. The number of nitrogens with two attached hydrogens (primary N) is 1. The highest BCUT2D eigenvalue weighted by atomic mass is 35.5. The number of benzene rings is 2. The number of nitrogens with zero attached hydrogens (tertiary/aromatic N) is 3. The fourth-order valence-electron chi connectivity index (χ4n) is 4.99. The van der Waals surface area contributed by atoms with Gasteiger partial charge in [-0.2, -0.15) is 0 Å². The number of halogens is 1. The quantitative estimate of drug-likeness (QED) is 0.00886. The Morgan fingerprint density at radius 3 is 1.61 bits per heavy atom. The second kappa shape index (κ2) is 49.4. The largest absolute Gasteiger partial charge is 0.492 e. The number of carbonyl (C=O) groups excluding carboxylic acids is 5. The van der Waals surface area contributed by atoms with Crippen LogP contribution in [0.3, 0.4) is 0 Å². The minimum atomic E-state index is -3.37. The molecule has 0 aliphatic carbocycles. The molecule has 0 saturated heterocycles. The Morgan fingerprint density at radius 2 is 1.29 bits per heavy atom. The smallest absolute Gasteiger partial charge is 0.408 e. The van der Waals surface area contributed by atoms with Crippen molar-refractivity contribution in [1.82, 2.24) is 21.3 Å². The number of carbonyl (C=O) groups is 5. The molecule has 0 bridgehead atoms. The summed E-state index contributed by atoms with van der Waals surface area (Å²) in [6.07, 6.45) is 6.88. The van der Waals surface area contributed by atoms with E-state index >= 15 is 0 Å². The number of esters is 1. The van der Waals surface area contributed by atoms with Gasteiger partial charge in [-0.15, -0.1) is 18.0 Å². The average molecular weight is 1170 g/mol. The van der Waals surface area contributed by atoms with E-state index in [1.165, 1.54) is 11.9 Å². The Kier molecular flexibility index (Phi) is 52.9. The maximum absolute atomic E-state index is 13.2. The van der Waals surface area contributed by atoms with E-state index in [1.807, 2.05) is 62.3 Å². The monoisotopic (exact) mass is 1170 g/mol. The first-order chi connectivity index (χ1) is 36.6. The zero-order chi connectivity index (χ0) is 63.0. The van der Waals surface area contributed by atoms with Gasteiger partial charge in [-0.05, 0) is 166 Å². The Balaban J connectivity index is -0.000000209. The van der Waals surface area contributed by atoms with E-state index in [4.69, 9.17) is 39.4 Å². The van der Waals surface area contributed by atoms with Crippen molar-refractivity contribution >= 4 is 69.5 Å². The molecule has 2 aromatic rings. The second-order valence-electron chi connectivity index (χ2n) is 20.1. The van der Waals surface area contributed by atoms with Gasteiger partial charge in [-0.1, -0.05) is 78.6 Å². The van der Waals surface area contributed by atoms with Gasteiger partial charge in [0.2, 0.25) is 5.91 Å². The molecule has 2 amide bonds. The summed E-state index contributed by atoms with van der Waals surface area (Å²) in [5, 5.41) is 14.8. The molecule has 2 aromatic carbocycles. The lowest BCUT2D eigenvalue weighted by molar-refractivity contribution is -0.164. The van der Waals surface area contributed by atoms with Gasteiger partial charge < -0.3 is 45.9 Å². The molecule has 0 aliphatic heterocycles. The number of amides is 2. The van der Waals surface area contributed by atoms with Gasteiger partial charge in [0.1, 0.15) is 24.2 Å². The number of terminal acetylenes is 1. The number of alkyl carbamates (subject to hydrolysis) is 1. The molecule has 0 unspecified atom stereocenters. The molecule has 0 aliphatic rings. The second-order valence-corrected chi connectivity index (χ2v) is 23.2. The molecule has 0 saturated carbocycles. The van der Waals surface area contributed by atoms with Crippen LogP contribution in [0.1, 0.15) is 190 Å². The SMILES string of the molecule is C#CCOC(=O)NCC.CC(C)(C)OC(=O)C(C)(C)C.CC(C)c1cc(C(C)C)c(S(=O)(=O)C(C)(C)C)c(C(C)C)c1.CCN.CCN=[N+]=[N-].CCNC(=O)CCOC=O.CCNC(=S)NCCOc1ccc(C=O)cc1.CCl. The van der Waals surface area contributed by atoms with Crippen LogP contribution in [0.5, 0.6) is 5.75 Å². The Bertz CT molecular complexity index is 2150. The van der Waals surface area contributed by atoms with Crippen LogP contribution in [-0.4, -0.2) is 120 Å². The van der Waals surface area contributed by atoms with Crippen LogP contribution in [0.25, 0.3) is 10.4 Å². The molecule has 454 valence electrons. The summed E-state index contributed by atoms with van der Waals surface area (Å²) in [4.78, 5) is 55.3. The molecular weight excluding hydrogens is 1070 g/mol. The number of aldehydes is 1. The number of thiocarbonyl (C=S) groups is 1. The van der Waals surface area contributed by atoms with Gasteiger partial charge in [-0.3, -0.25) is 19.2 Å². The third-order valence-corrected chi connectivity index (χ3v) is 11.8. The summed E-state index contributed by atoms with van der Waals surface area (Å²) in [7, 11) is -3.37. The number of rotatable bonds is 18. The Morgan fingerprint density at radius 1 is 0.810 bits per heavy atom. The fourth-order valence-corrected chi connectivity index (χ4v) is 7.06. The summed E-state index contributed by atoms with van der Waals surface area (Å²) in [6, 6.07) is 11.2. The minimum Gasteiger partial charge on any atom is -0.492 e. The van der Waals surface area contributed by atoms with E-state index in [1.54, 1.807) is 58.9 Å². The van der Waals surface area contributed by atoms with Crippen LogP contribution in [0.15, 0.2) is 46.4 Å². The van der Waals surface area contributed by atoms with E-state index in [-0.39, 0.29) is 48.9 Å². The van der Waals surface area contributed by atoms with Gasteiger partial charge in [0.05, 0.1) is 34.6 Å². The zero-order valence-corrected chi connectivity index (χ0v) is 54.0. The topological polar surface area (TPSA) is 279 Å². The number of hydrogen-bond donors (Lipinski definition) is 5. The number of sulfone groups is 1. The molecule has 0 heterocycles. The van der Waals surface area contributed by atoms with Crippen molar-refractivity contribution in [1.29, 1.82) is 0 Å². The Hall–Kier alpha value is -5.65. The lowest BCUT2D eigenvalue weighted by atomic mass is 9.89. The van der Waals surface area contributed by atoms with Gasteiger partial charge in [0.25, 0.3) is 6.47 Å². The van der Waals surface area contributed by atoms with E-state index in [0.29, 0.717) is 60.7 Å². The molecule has 0 radical (unpaired) electrons. The molecule has 0 fully saturated rings. The highest BCUT2D eigenvalue weighted by Crippen LogP contribution is 2.39. The van der Waals surface area contributed by atoms with Crippen molar-refractivity contribution in [2.45, 2.75) is 178 Å². The van der Waals surface area contributed by atoms with Gasteiger partial charge in [0, 0.05) is 43.0 Å². The molecule has 19 nitrogen and oxygen atoms in total. The van der Waals surface area contributed by atoms with Gasteiger partial charge in [-0.25, -0.2) is 13.2 Å². The molecule has 6 N–H and O–H groups in total. The summed E-state index contributed by atoms with van der Waals surface area (Å²) in [6.45, 7) is 43.4. The van der Waals surface area contributed by atoms with E-state index < -0.39 is 26.1 Å². The third kappa shape index (κ3) is 46.9. The summed E-state index contributed by atoms with van der Waals surface area (Å²) in [5.41, 5.74) is 15.4. The molecule has 79 heavy (non-hydrogen) atoms. The molecule has 0 atom stereocenters. The average Bonchev–Trinajstić information content (AvgIpc) is 3.35. The first-order valence-corrected chi connectivity index (χ1v) is 28.9. The van der Waals surface area contributed by atoms with Crippen molar-refractivity contribution in [3.8, 4) is 18.1 Å².